The molecule has 0 spiro atoms. The summed E-state index contributed by atoms with van der Waals surface area (Å²) >= 11 is 0. The highest BCUT2D eigenvalue weighted by molar-refractivity contribution is 5.87. The van der Waals surface area contributed by atoms with E-state index in [1.165, 1.54) is 0 Å². The zero-order chi connectivity index (χ0) is 35.6. The van der Waals surface area contributed by atoms with Gasteiger partial charge < -0.3 is 30.1 Å². The lowest BCUT2D eigenvalue weighted by Gasteiger charge is -2.30. The summed E-state index contributed by atoms with van der Waals surface area (Å²) in [4.78, 5) is 42.3. The zero-order valence-electron chi connectivity index (χ0n) is 29.3. The Kier molecular flexibility index (Phi) is 9.86. The molecule has 0 saturated carbocycles. The molecule has 3 amide bonds. The average molecular weight is 676 g/mol. The topological polar surface area (TPSA) is 117 Å². The number of rotatable bonds is 8. The third-order valence-corrected chi connectivity index (χ3v) is 9.44. The van der Waals surface area contributed by atoms with Crippen molar-refractivity contribution >= 4 is 18.1 Å². The van der Waals surface area contributed by atoms with Gasteiger partial charge in [-0.05, 0) is 103 Å². The van der Waals surface area contributed by atoms with Crippen LogP contribution >= 0.6 is 0 Å². The molecule has 1 aliphatic heterocycles. The molecule has 0 bridgehead atoms. The van der Waals surface area contributed by atoms with Gasteiger partial charge in [-0.1, -0.05) is 72.8 Å². The van der Waals surface area contributed by atoms with E-state index in [1.54, 1.807) is 37.8 Å². The number of nitrogens with one attached hydrogen (secondary N) is 2. The number of hydrogen-bond donors (Lipinski definition) is 3. The van der Waals surface area contributed by atoms with Crippen LogP contribution in [-0.4, -0.2) is 58.9 Å². The molecule has 0 fully saturated rings. The normalized spacial score (nSPS) is 16.1. The van der Waals surface area contributed by atoms with Gasteiger partial charge in [-0.2, -0.15) is 0 Å². The second-order valence-corrected chi connectivity index (χ2v) is 14.3. The largest absolute Gasteiger partial charge is 0.508 e. The Balaban J connectivity index is 1.25. The van der Waals surface area contributed by atoms with E-state index in [1.807, 2.05) is 62.4 Å². The SMILES string of the molecule is Cc1cc(O)cc(C)c1C[C@@H](CN1Cc2ccccc2C[C@@H](NC(=O)OC(C)(C)C)C1=O)NC(=O)OCC1c2ccccc2-c2ccccc21. The van der Waals surface area contributed by atoms with Crippen LogP contribution in [0.2, 0.25) is 0 Å². The fourth-order valence-electron chi connectivity index (χ4n) is 7.21. The molecule has 6 rings (SSSR count). The van der Waals surface area contributed by atoms with Gasteiger partial charge in [-0.3, -0.25) is 4.79 Å². The second-order valence-electron chi connectivity index (χ2n) is 14.3. The zero-order valence-corrected chi connectivity index (χ0v) is 29.3. The summed E-state index contributed by atoms with van der Waals surface area (Å²) < 4.78 is 11.4. The van der Waals surface area contributed by atoms with E-state index in [0.29, 0.717) is 19.4 Å². The van der Waals surface area contributed by atoms with Gasteiger partial charge in [-0.25, -0.2) is 9.59 Å². The first-order valence-corrected chi connectivity index (χ1v) is 17.1. The van der Waals surface area contributed by atoms with Crippen molar-refractivity contribution in [2.75, 3.05) is 13.2 Å². The van der Waals surface area contributed by atoms with Crippen molar-refractivity contribution in [3.05, 3.63) is 124 Å². The van der Waals surface area contributed by atoms with Crippen molar-refractivity contribution in [2.24, 2.45) is 0 Å². The summed E-state index contributed by atoms with van der Waals surface area (Å²) in [7, 11) is 0. The first-order valence-electron chi connectivity index (χ1n) is 17.1. The highest BCUT2D eigenvalue weighted by atomic mass is 16.6. The van der Waals surface area contributed by atoms with Crippen molar-refractivity contribution in [3.63, 3.8) is 0 Å². The standard InChI is InChI=1S/C41H45N3O6/c1-25-18-30(45)19-26(2)35(25)21-29(42-39(47)49-24-36-33-16-10-8-14-31(33)32-15-9-11-17-34(32)36)23-44-22-28-13-7-6-12-27(28)20-37(38(44)46)43-40(48)50-41(3,4)5/h6-19,29,36-37,45H,20-24H2,1-5H3,(H,42,47)(H,43,48)/t29-,37+/m0/s1. The van der Waals surface area contributed by atoms with Crippen LogP contribution in [-0.2, 0) is 33.7 Å². The van der Waals surface area contributed by atoms with E-state index in [2.05, 4.69) is 34.9 Å². The number of phenols is 1. The fourth-order valence-corrected chi connectivity index (χ4v) is 7.21. The minimum atomic E-state index is -0.860. The lowest BCUT2D eigenvalue weighted by Crippen LogP contribution is -2.53. The van der Waals surface area contributed by atoms with Crippen molar-refractivity contribution < 1.29 is 29.0 Å². The van der Waals surface area contributed by atoms with Crippen LogP contribution in [0, 0.1) is 13.8 Å². The molecule has 2 atom stereocenters. The number of nitrogens with zero attached hydrogens (tertiary/aromatic N) is 1. The number of benzene rings is 4. The number of phenolic OH excluding ortho intramolecular Hbond substituents is 1. The second kappa shape index (κ2) is 14.3. The average Bonchev–Trinajstić information content (AvgIpc) is 3.31. The summed E-state index contributed by atoms with van der Waals surface area (Å²) in [6, 6.07) is 26.1. The maximum atomic E-state index is 14.2. The molecule has 4 aromatic rings. The van der Waals surface area contributed by atoms with Gasteiger partial charge in [0.05, 0.1) is 6.04 Å². The van der Waals surface area contributed by atoms with Crippen LogP contribution in [0.25, 0.3) is 11.1 Å². The molecule has 0 saturated heterocycles. The minimum Gasteiger partial charge on any atom is -0.508 e. The van der Waals surface area contributed by atoms with Gasteiger partial charge in [0.15, 0.2) is 0 Å². The maximum absolute atomic E-state index is 14.2. The quantitative estimate of drug-likeness (QED) is 0.186. The van der Waals surface area contributed by atoms with Crippen LogP contribution in [0.1, 0.15) is 65.6 Å². The van der Waals surface area contributed by atoms with Gasteiger partial charge in [-0.15, -0.1) is 0 Å². The number of alkyl carbamates (subject to hydrolysis) is 2. The number of amides is 3. The Morgan fingerprint density at radius 2 is 1.46 bits per heavy atom. The third kappa shape index (κ3) is 7.77. The van der Waals surface area contributed by atoms with E-state index in [9.17, 15) is 19.5 Å². The van der Waals surface area contributed by atoms with Crippen LogP contribution in [0.5, 0.6) is 5.75 Å². The summed E-state index contributed by atoms with van der Waals surface area (Å²) in [6.07, 6.45) is -0.556. The third-order valence-electron chi connectivity index (χ3n) is 9.44. The molecule has 3 N–H and O–H groups in total. The van der Waals surface area contributed by atoms with Gasteiger partial charge in [0.25, 0.3) is 0 Å². The van der Waals surface area contributed by atoms with Crippen molar-refractivity contribution in [1.82, 2.24) is 15.5 Å². The fraction of sp³-hybridized carbons (Fsp3) is 0.341. The number of carbonyl (C=O) groups is 3. The number of aryl methyl sites for hydroxylation is 2. The van der Waals surface area contributed by atoms with Gasteiger partial charge in [0.2, 0.25) is 5.91 Å². The molecular formula is C41H45N3O6. The highest BCUT2D eigenvalue weighted by Crippen LogP contribution is 2.44. The summed E-state index contributed by atoms with van der Waals surface area (Å²) in [5.41, 5.74) is 8.41. The molecule has 50 heavy (non-hydrogen) atoms. The molecule has 9 nitrogen and oxygen atoms in total. The molecule has 0 unspecified atom stereocenters. The predicted molar refractivity (Wildman–Crippen MR) is 192 cm³/mol. The van der Waals surface area contributed by atoms with Crippen LogP contribution in [0.15, 0.2) is 84.9 Å². The van der Waals surface area contributed by atoms with E-state index >= 15 is 0 Å². The molecule has 0 aromatic heterocycles. The molecule has 1 heterocycles. The van der Waals surface area contributed by atoms with Gasteiger partial charge >= 0.3 is 12.2 Å². The Bertz CT molecular complexity index is 1850. The Morgan fingerprint density at radius 1 is 0.880 bits per heavy atom. The molecule has 1 aliphatic carbocycles. The lowest BCUT2D eigenvalue weighted by molar-refractivity contribution is -0.134. The maximum Gasteiger partial charge on any atom is 0.408 e. The van der Waals surface area contributed by atoms with Crippen molar-refractivity contribution in [1.29, 1.82) is 0 Å². The first kappa shape index (κ1) is 34.5. The predicted octanol–water partition coefficient (Wildman–Crippen LogP) is 6.94. The molecule has 9 heteroatoms. The number of aromatic hydroxyl groups is 1. The number of carbonyl (C=O) groups excluding carboxylic acids is 3. The summed E-state index contributed by atoms with van der Waals surface area (Å²) in [5.74, 6) is -0.206. The van der Waals surface area contributed by atoms with Crippen LogP contribution in [0.4, 0.5) is 9.59 Å². The molecule has 0 radical (unpaired) electrons. The summed E-state index contributed by atoms with van der Waals surface area (Å²) in [6.45, 7) is 9.77. The van der Waals surface area contributed by atoms with E-state index in [0.717, 1.165) is 50.1 Å². The molecule has 4 aromatic carbocycles. The minimum absolute atomic E-state index is 0.100. The molecular weight excluding hydrogens is 630 g/mol. The monoisotopic (exact) mass is 675 g/mol. The Morgan fingerprint density at radius 3 is 2.08 bits per heavy atom. The van der Waals surface area contributed by atoms with Crippen LogP contribution in [0.3, 0.4) is 0 Å². The Hall–Kier alpha value is -5.31. The first-order chi connectivity index (χ1) is 23.9. The van der Waals surface area contributed by atoms with E-state index in [-0.39, 0.29) is 30.7 Å². The van der Waals surface area contributed by atoms with E-state index < -0.39 is 29.9 Å². The van der Waals surface area contributed by atoms with Crippen LogP contribution < -0.4 is 10.6 Å². The van der Waals surface area contributed by atoms with Gasteiger partial charge in [0, 0.05) is 25.4 Å². The molecule has 2 aliphatic rings. The Labute approximate surface area is 293 Å². The van der Waals surface area contributed by atoms with Crippen molar-refractivity contribution in [3.8, 4) is 16.9 Å². The lowest BCUT2D eigenvalue weighted by atomic mass is 9.95. The van der Waals surface area contributed by atoms with E-state index in [4.69, 9.17) is 9.47 Å². The number of fused-ring (bicyclic) bond motifs is 4. The summed E-state index contributed by atoms with van der Waals surface area (Å²) in [5, 5.41) is 16.1. The molecule has 260 valence electrons. The van der Waals surface area contributed by atoms with Gasteiger partial charge in [0.1, 0.15) is 24.0 Å². The number of hydrogen-bond acceptors (Lipinski definition) is 6. The smallest absolute Gasteiger partial charge is 0.408 e. The highest BCUT2D eigenvalue weighted by Gasteiger charge is 2.34. The van der Waals surface area contributed by atoms with Crippen molar-refractivity contribution in [2.45, 2.75) is 77.6 Å². The number of ether oxygens (including phenoxy) is 2.